The Labute approximate surface area is 158 Å². The second-order valence-electron chi connectivity index (χ2n) is 5.87. The van der Waals surface area contributed by atoms with Crippen molar-refractivity contribution in [2.24, 2.45) is 10.2 Å². The van der Waals surface area contributed by atoms with Crippen LogP contribution in [0.4, 0.5) is 17.1 Å². The first-order valence-electron chi connectivity index (χ1n) is 7.71. The lowest BCUT2D eigenvalue weighted by Gasteiger charge is -2.07. The molecule has 0 saturated heterocycles. The fourth-order valence-electron chi connectivity index (χ4n) is 2.67. The van der Waals surface area contributed by atoms with Crippen LogP contribution in [0.2, 0.25) is 0 Å². The first-order chi connectivity index (χ1) is 13.1. The van der Waals surface area contributed by atoms with Crippen LogP contribution in [-0.4, -0.2) is 28.1 Å². The Morgan fingerprint density at radius 2 is 1.64 bits per heavy atom. The van der Waals surface area contributed by atoms with Crippen LogP contribution in [0.5, 0.6) is 11.5 Å². The molecule has 0 saturated carbocycles. The van der Waals surface area contributed by atoms with Gasteiger partial charge in [0.25, 0.3) is 10.1 Å². The van der Waals surface area contributed by atoms with Gasteiger partial charge < -0.3 is 10.2 Å². The molecule has 0 fully saturated rings. The summed E-state index contributed by atoms with van der Waals surface area (Å²) in [6, 6.07) is 9.08. The van der Waals surface area contributed by atoms with E-state index in [1.54, 1.807) is 6.92 Å². The number of nitro benzene ring substituents is 1. The molecule has 3 N–H and O–H groups in total. The number of aryl methyl sites for hydroxylation is 1. The number of nitrogens with zero attached hydrogens (tertiary/aromatic N) is 3. The summed E-state index contributed by atoms with van der Waals surface area (Å²) in [5.74, 6) is -1.08. The highest BCUT2D eigenvalue weighted by molar-refractivity contribution is 7.86. The van der Waals surface area contributed by atoms with E-state index in [9.17, 15) is 33.3 Å². The predicted octanol–water partition coefficient (Wildman–Crippen LogP) is 4.13. The van der Waals surface area contributed by atoms with E-state index in [0.717, 1.165) is 0 Å². The lowest BCUT2D eigenvalue weighted by molar-refractivity contribution is -0.385. The van der Waals surface area contributed by atoms with Gasteiger partial charge in [-0.1, -0.05) is 18.2 Å². The van der Waals surface area contributed by atoms with E-state index in [1.165, 1.54) is 42.5 Å². The molecular formula is C17H13N3O7S. The van der Waals surface area contributed by atoms with Crippen molar-refractivity contribution in [3.05, 3.63) is 58.1 Å². The number of hydrogen-bond donors (Lipinski definition) is 3. The third-order valence-electron chi connectivity index (χ3n) is 3.93. The van der Waals surface area contributed by atoms with Crippen LogP contribution in [0, 0.1) is 17.0 Å². The minimum atomic E-state index is -4.50. The molecule has 28 heavy (non-hydrogen) atoms. The number of azo groups is 1. The molecule has 0 spiro atoms. The Balaban J connectivity index is 2.12. The van der Waals surface area contributed by atoms with Gasteiger partial charge in [-0.05, 0) is 30.7 Å². The summed E-state index contributed by atoms with van der Waals surface area (Å²) in [5.41, 5.74) is -0.296. The highest BCUT2D eigenvalue weighted by Crippen LogP contribution is 2.41. The standard InChI is InChI=1S/C17H13N3O7S/c1-9-7-13(17(22)14(8-9)20(23)24)19-18-12-6-5-10-11(16(12)21)3-2-4-15(10)28(25,26)27/h2-8,21-22H,1H3,(H,25,26,27). The molecule has 0 radical (unpaired) electrons. The van der Waals surface area contributed by atoms with Crippen LogP contribution in [0.25, 0.3) is 10.8 Å². The summed E-state index contributed by atoms with van der Waals surface area (Å²) in [5, 5.41) is 39.1. The van der Waals surface area contributed by atoms with Crippen molar-refractivity contribution in [2.75, 3.05) is 0 Å². The lowest BCUT2D eigenvalue weighted by Crippen LogP contribution is -1.98. The number of rotatable bonds is 4. The molecular weight excluding hydrogens is 390 g/mol. The van der Waals surface area contributed by atoms with Gasteiger partial charge in [-0.2, -0.15) is 8.42 Å². The summed E-state index contributed by atoms with van der Waals surface area (Å²) >= 11 is 0. The highest BCUT2D eigenvalue weighted by atomic mass is 32.2. The van der Waals surface area contributed by atoms with Gasteiger partial charge in [0.15, 0.2) is 5.75 Å². The van der Waals surface area contributed by atoms with Crippen molar-refractivity contribution in [1.82, 2.24) is 0 Å². The first kappa shape index (κ1) is 19.2. The Hall–Kier alpha value is -3.57. The van der Waals surface area contributed by atoms with Gasteiger partial charge in [0, 0.05) is 16.8 Å². The summed E-state index contributed by atoms with van der Waals surface area (Å²) in [4.78, 5) is 9.84. The van der Waals surface area contributed by atoms with Crippen LogP contribution < -0.4 is 0 Å². The quantitative estimate of drug-likeness (QED) is 0.255. The Bertz CT molecular complexity index is 1250. The molecule has 0 aliphatic heterocycles. The molecule has 3 rings (SSSR count). The number of aromatic hydroxyl groups is 2. The first-order valence-corrected chi connectivity index (χ1v) is 9.15. The van der Waals surface area contributed by atoms with Crippen molar-refractivity contribution in [2.45, 2.75) is 11.8 Å². The predicted molar refractivity (Wildman–Crippen MR) is 99.1 cm³/mol. The van der Waals surface area contributed by atoms with Gasteiger partial charge in [0.1, 0.15) is 16.3 Å². The maximum absolute atomic E-state index is 11.5. The van der Waals surface area contributed by atoms with E-state index < -0.39 is 32.2 Å². The van der Waals surface area contributed by atoms with E-state index in [0.29, 0.717) is 5.56 Å². The molecule has 0 aromatic heterocycles. The Kier molecular flexibility index (Phi) is 4.71. The number of nitro groups is 1. The van der Waals surface area contributed by atoms with Gasteiger partial charge in [-0.25, -0.2) is 0 Å². The zero-order valence-corrected chi connectivity index (χ0v) is 15.1. The van der Waals surface area contributed by atoms with Crippen molar-refractivity contribution < 1.29 is 28.1 Å². The summed E-state index contributed by atoms with van der Waals surface area (Å²) in [7, 11) is -4.50. The van der Waals surface area contributed by atoms with E-state index in [1.807, 2.05) is 0 Å². The normalized spacial score (nSPS) is 11.9. The van der Waals surface area contributed by atoms with Crippen LogP contribution in [-0.2, 0) is 10.1 Å². The fourth-order valence-corrected chi connectivity index (χ4v) is 3.38. The summed E-state index contributed by atoms with van der Waals surface area (Å²) < 4.78 is 32.2. The number of phenolic OH excluding ortho intramolecular Hbond substituents is 2. The molecule has 0 aliphatic carbocycles. The molecule has 144 valence electrons. The molecule has 3 aromatic carbocycles. The summed E-state index contributed by atoms with van der Waals surface area (Å²) in [6.45, 7) is 1.58. The number of fused-ring (bicyclic) bond motifs is 1. The van der Waals surface area contributed by atoms with Crippen LogP contribution >= 0.6 is 0 Å². The van der Waals surface area contributed by atoms with Crippen molar-refractivity contribution in [3.63, 3.8) is 0 Å². The van der Waals surface area contributed by atoms with Gasteiger partial charge in [-0.3, -0.25) is 14.7 Å². The smallest absolute Gasteiger partial charge is 0.313 e. The molecule has 0 unspecified atom stereocenters. The minimum absolute atomic E-state index is 0.0662. The molecule has 0 bridgehead atoms. The topological polar surface area (TPSA) is 163 Å². The van der Waals surface area contributed by atoms with Crippen molar-refractivity contribution >= 4 is 38.0 Å². The molecule has 10 nitrogen and oxygen atoms in total. The molecule has 0 amide bonds. The van der Waals surface area contributed by atoms with Crippen molar-refractivity contribution in [3.8, 4) is 11.5 Å². The Morgan fingerprint density at radius 3 is 2.29 bits per heavy atom. The van der Waals surface area contributed by atoms with Gasteiger partial charge in [0.05, 0.1) is 4.92 Å². The van der Waals surface area contributed by atoms with E-state index in [-0.39, 0.29) is 27.0 Å². The number of hydrogen-bond acceptors (Lipinski definition) is 8. The van der Waals surface area contributed by atoms with Crippen LogP contribution in [0.15, 0.2) is 57.6 Å². The second-order valence-corrected chi connectivity index (χ2v) is 7.26. The minimum Gasteiger partial charge on any atom is -0.505 e. The fraction of sp³-hybridized carbons (Fsp3) is 0.0588. The van der Waals surface area contributed by atoms with Crippen molar-refractivity contribution in [1.29, 1.82) is 0 Å². The molecule has 11 heteroatoms. The van der Waals surface area contributed by atoms with Gasteiger partial charge in [0.2, 0.25) is 5.75 Å². The second kappa shape index (κ2) is 6.87. The molecule has 0 heterocycles. The monoisotopic (exact) mass is 403 g/mol. The highest BCUT2D eigenvalue weighted by Gasteiger charge is 2.19. The van der Waals surface area contributed by atoms with Crippen LogP contribution in [0.1, 0.15) is 5.56 Å². The average molecular weight is 403 g/mol. The molecule has 0 aliphatic rings. The Morgan fingerprint density at radius 1 is 0.964 bits per heavy atom. The third kappa shape index (κ3) is 3.48. The SMILES string of the molecule is Cc1cc(N=Nc2ccc3c(S(=O)(=O)O)cccc3c2O)c(O)c([N+](=O)[O-])c1. The molecule has 3 aromatic rings. The lowest BCUT2D eigenvalue weighted by atomic mass is 10.1. The van der Waals surface area contributed by atoms with Gasteiger partial charge >= 0.3 is 5.69 Å². The maximum atomic E-state index is 11.5. The average Bonchev–Trinajstić information content (AvgIpc) is 2.62. The number of benzene rings is 3. The largest absolute Gasteiger partial charge is 0.505 e. The van der Waals surface area contributed by atoms with Gasteiger partial charge in [-0.15, -0.1) is 10.2 Å². The van der Waals surface area contributed by atoms with E-state index in [2.05, 4.69) is 10.2 Å². The zero-order chi connectivity index (χ0) is 20.6. The maximum Gasteiger partial charge on any atom is 0.313 e. The molecule has 0 atom stereocenters. The summed E-state index contributed by atoms with van der Waals surface area (Å²) in [6.07, 6.45) is 0. The van der Waals surface area contributed by atoms with Crippen LogP contribution in [0.3, 0.4) is 0 Å². The van der Waals surface area contributed by atoms with E-state index in [4.69, 9.17) is 0 Å². The van der Waals surface area contributed by atoms with E-state index >= 15 is 0 Å². The zero-order valence-electron chi connectivity index (χ0n) is 14.3. The third-order valence-corrected chi connectivity index (χ3v) is 4.84. The number of phenols is 2.